The van der Waals surface area contributed by atoms with Crippen molar-refractivity contribution >= 4 is 27.5 Å². The Morgan fingerprint density at radius 2 is 2.12 bits per heavy atom. The van der Waals surface area contributed by atoms with Crippen molar-refractivity contribution in [3.63, 3.8) is 0 Å². The number of halogens is 2. The second kappa shape index (κ2) is 5.57. The second-order valence-corrected chi connectivity index (χ2v) is 5.66. The molecule has 0 radical (unpaired) electrons. The molecule has 5 heteroatoms. The molecule has 17 heavy (non-hydrogen) atoms. The number of ether oxygens (including phenoxy) is 1. The summed E-state index contributed by atoms with van der Waals surface area (Å²) in [7, 11) is 0. The van der Waals surface area contributed by atoms with Gasteiger partial charge in [0.1, 0.15) is 18.0 Å². The van der Waals surface area contributed by atoms with Gasteiger partial charge in [0.2, 0.25) is 0 Å². The van der Waals surface area contributed by atoms with Crippen LogP contribution in [0.1, 0.15) is 12.8 Å². The van der Waals surface area contributed by atoms with Gasteiger partial charge in [-0.3, -0.25) is 0 Å². The predicted octanol–water partition coefficient (Wildman–Crippen LogP) is 2.60. The third kappa shape index (κ3) is 3.58. The first-order valence-electron chi connectivity index (χ1n) is 5.60. The molecular weight excluding hydrogens is 305 g/mol. The monoisotopic (exact) mass is 319 g/mol. The zero-order valence-corrected chi connectivity index (χ0v) is 11.7. The standard InChI is InChI=1S/C12H15BrClNO2/c13-9-1-2-11(10(14)7-9)17-8-12(16)3-5-15-6-4-12/h1-2,7,15-16H,3-6,8H2. The van der Waals surface area contributed by atoms with Crippen molar-refractivity contribution in [1.29, 1.82) is 0 Å². The third-order valence-electron chi connectivity index (χ3n) is 2.92. The van der Waals surface area contributed by atoms with Crippen LogP contribution in [0.15, 0.2) is 22.7 Å². The molecule has 0 unspecified atom stereocenters. The molecule has 1 aliphatic rings. The molecule has 1 heterocycles. The van der Waals surface area contributed by atoms with Gasteiger partial charge in [-0.25, -0.2) is 0 Å². The lowest BCUT2D eigenvalue weighted by Gasteiger charge is -2.32. The van der Waals surface area contributed by atoms with Gasteiger partial charge in [-0.05, 0) is 44.1 Å². The molecule has 94 valence electrons. The first-order valence-corrected chi connectivity index (χ1v) is 6.77. The molecule has 3 nitrogen and oxygen atoms in total. The van der Waals surface area contributed by atoms with Crippen LogP contribution in [0.25, 0.3) is 0 Å². The van der Waals surface area contributed by atoms with Crippen LogP contribution in [-0.4, -0.2) is 30.4 Å². The minimum atomic E-state index is -0.734. The van der Waals surface area contributed by atoms with E-state index >= 15 is 0 Å². The SMILES string of the molecule is OC1(COc2ccc(Br)cc2Cl)CCNCC1. The van der Waals surface area contributed by atoms with Crippen molar-refractivity contribution in [3.8, 4) is 5.75 Å². The minimum absolute atomic E-state index is 0.288. The van der Waals surface area contributed by atoms with Crippen LogP contribution >= 0.6 is 27.5 Å². The fraction of sp³-hybridized carbons (Fsp3) is 0.500. The van der Waals surface area contributed by atoms with Gasteiger partial charge in [-0.1, -0.05) is 27.5 Å². The van der Waals surface area contributed by atoms with Crippen LogP contribution in [0, 0.1) is 0 Å². The smallest absolute Gasteiger partial charge is 0.138 e. The molecule has 1 aliphatic heterocycles. The van der Waals surface area contributed by atoms with E-state index < -0.39 is 5.60 Å². The van der Waals surface area contributed by atoms with E-state index in [0.29, 0.717) is 23.6 Å². The molecule has 1 fully saturated rings. The van der Waals surface area contributed by atoms with Gasteiger partial charge in [-0.15, -0.1) is 0 Å². The number of rotatable bonds is 3. The highest BCUT2D eigenvalue weighted by molar-refractivity contribution is 9.10. The maximum atomic E-state index is 10.3. The lowest BCUT2D eigenvalue weighted by Crippen LogP contribution is -2.45. The average Bonchev–Trinajstić information content (AvgIpc) is 2.29. The van der Waals surface area contributed by atoms with E-state index in [0.717, 1.165) is 17.6 Å². The number of nitrogens with one attached hydrogen (secondary N) is 1. The van der Waals surface area contributed by atoms with E-state index in [4.69, 9.17) is 16.3 Å². The van der Waals surface area contributed by atoms with Crippen LogP contribution in [0.4, 0.5) is 0 Å². The Balaban J connectivity index is 1.97. The average molecular weight is 321 g/mol. The maximum Gasteiger partial charge on any atom is 0.138 e. The molecule has 0 amide bonds. The summed E-state index contributed by atoms with van der Waals surface area (Å²) in [4.78, 5) is 0. The zero-order chi connectivity index (χ0) is 12.3. The molecule has 1 aromatic carbocycles. The van der Waals surface area contributed by atoms with Gasteiger partial charge in [0.05, 0.1) is 5.02 Å². The topological polar surface area (TPSA) is 41.5 Å². The van der Waals surface area contributed by atoms with Crippen molar-refractivity contribution in [2.45, 2.75) is 18.4 Å². The minimum Gasteiger partial charge on any atom is -0.489 e. The van der Waals surface area contributed by atoms with E-state index in [1.807, 2.05) is 6.07 Å². The van der Waals surface area contributed by atoms with E-state index in [1.54, 1.807) is 12.1 Å². The van der Waals surface area contributed by atoms with E-state index in [2.05, 4.69) is 21.2 Å². The predicted molar refractivity (Wildman–Crippen MR) is 71.7 cm³/mol. The molecular formula is C12H15BrClNO2. The quantitative estimate of drug-likeness (QED) is 0.899. The summed E-state index contributed by atoms with van der Waals surface area (Å²) in [5.74, 6) is 0.613. The Kier molecular flexibility index (Phi) is 4.31. The second-order valence-electron chi connectivity index (χ2n) is 4.34. The highest BCUT2D eigenvalue weighted by Crippen LogP contribution is 2.29. The summed E-state index contributed by atoms with van der Waals surface area (Å²) in [6.45, 7) is 1.94. The Labute approximate surface area is 114 Å². The number of benzene rings is 1. The van der Waals surface area contributed by atoms with E-state index in [9.17, 15) is 5.11 Å². The van der Waals surface area contributed by atoms with Gasteiger partial charge < -0.3 is 15.2 Å². The van der Waals surface area contributed by atoms with Crippen molar-refractivity contribution in [2.24, 2.45) is 0 Å². The lowest BCUT2D eigenvalue weighted by atomic mass is 9.94. The number of piperidine rings is 1. The van der Waals surface area contributed by atoms with E-state index in [1.165, 1.54) is 0 Å². The maximum absolute atomic E-state index is 10.3. The Hall–Kier alpha value is -0.290. The molecule has 0 saturated carbocycles. The molecule has 0 atom stereocenters. The highest BCUT2D eigenvalue weighted by atomic mass is 79.9. The highest BCUT2D eigenvalue weighted by Gasteiger charge is 2.30. The molecule has 2 rings (SSSR count). The number of hydrogen-bond donors (Lipinski definition) is 2. The number of hydrogen-bond acceptors (Lipinski definition) is 3. The molecule has 1 saturated heterocycles. The van der Waals surface area contributed by atoms with Crippen LogP contribution in [0.3, 0.4) is 0 Å². The Morgan fingerprint density at radius 3 is 2.76 bits per heavy atom. The summed E-state index contributed by atoms with van der Waals surface area (Å²) in [5, 5.41) is 14.0. The molecule has 1 aromatic rings. The van der Waals surface area contributed by atoms with Crippen LogP contribution in [0.5, 0.6) is 5.75 Å². The summed E-state index contributed by atoms with van der Waals surface area (Å²) < 4.78 is 6.52. The first-order chi connectivity index (χ1) is 8.09. The van der Waals surface area contributed by atoms with Gasteiger partial charge >= 0.3 is 0 Å². The van der Waals surface area contributed by atoms with Crippen molar-refractivity contribution < 1.29 is 9.84 Å². The summed E-state index contributed by atoms with van der Waals surface area (Å²) in [6.07, 6.45) is 1.42. The van der Waals surface area contributed by atoms with Crippen LogP contribution < -0.4 is 10.1 Å². The van der Waals surface area contributed by atoms with Gasteiger partial charge in [0.15, 0.2) is 0 Å². The Morgan fingerprint density at radius 1 is 1.41 bits per heavy atom. The lowest BCUT2D eigenvalue weighted by molar-refractivity contribution is -0.0285. The fourth-order valence-electron chi connectivity index (χ4n) is 1.84. The zero-order valence-electron chi connectivity index (χ0n) is 9.38. The largest absolute Gasteiger partial charge is 0.489 e. The van der Waals surface area contributed by atoms with Gasteiger partial charge in [0.25, 0.3) is 0 Å². The fourth-order valence-corrected chi connectivity index (χ4v) is 2.57. The molecule has 0 aliphatic carbocycles. The third-order valence-corrected chi connectivity index (χ3v) is 3.71. The molecule has 0 spiro atoms. The summed E-state index contributed by atoms with van der Waals surface area (Å²) in [5.41, 5.74) is -0.734. The summed E-state index contributed by atoms with van der Waals surface area (Å²) in [6, 6.07) is 5.45. The van der Waals surface area contributed by atoms with Crippen molar-refractivity contribution in [3.05, 3.63) is 27.7 Å². The number of aliphatic hydroxyl groups is 1. The molecule has 0 aromatic heterocycles. The van der Waals surface area contributed by atoms with Crippen molar-refractivity contribution in [1.82, 2.24) is 5.32 Å². The van der Waals surface area contributed by atoms with Gasteiger partial charge in [0, 0.05) is 4.47 Å². The normalized spacial score (nSPS) is 19.0. The van der Waals surface area contributed by atoms with E-state index in [-0.39, 0.29) is 6.61 Å². The summed E-state index contributed by atoms with van der Waals surface area (Å²) >= 11 is 9.38. The van der Waals surface area contributed by atoms with Crippen LogP contribution in [0.2, 0.25) is 5.02 Å². The molecule has 0 bridgehead atoms. The van der Waals surface area contributed by atoms with Crippen molar-refractivity contribution in [2.75, 3.05) is 19.7 Å². The van der Waals surface area contributed by atoms with Crippen LogP contribution in [-0.2, 0) is 0 Å². The first kappa shape index (κ1) is 13.1. The van der Waals surface area contributed by atoms with Gasteiger partial charge in [-0.2, -0.15) is 0 Å². The Bertz CT molecular complexity index is 394. The molecule has 2 N–H and O–H groups in total.